The second-order valence-corrected chi connectivity index (χ2v) is 5.90. The molecular formula is C14H30N2O2. The van der Waals surface area contributed by atoms with E-state index in [0.29, 0.717) is 24.5 Å². The highest BCUT2D eigenvalue weighted by Gasteiger charge is 2.32. The molecule has 0 saturated heterocycles. The standard InChI is InChI=1S/C14H30N2O2/c1-11-8-12(2)13(14(15)9-11)10-16(4-6-17)5-7-18-3/h11-14,17H,4-10,15H2,1-3H3. The third-order valence-electron chi connectivity index (χ3n) is 4.23. The minimum absolute atomic E-state index is 0.205. The highest BCUT2D eigenvalue weighted by molar-refractivity contribution is 4.87. The predicted octanol–water partition coefficient (Wildman–Crippen LogP) is 0.937. The van der Waals surface area contributed by atoms with Crippen LogP contribution >= 0.6 is 0 Å². The molecule has 0 amide bonds. The van der Waals surface area contributed by atoms with Gasteiger partial charge in [-0.25, -0.2) is 0 Å². The van der Waals surface area contributed by atoms with Gasteiger partial charge in [-0.05, 0) is 30.6 Å². The molecule has 0 aromatic rings. The molecule has 0 aromatic carbocycles. The Balaban J connectivity index is 2.50. The molecule has 18 heavy (non-hydrogen) atoms. The maximum Gasteiger partial charge on any atom is 0.0589 e. The molecule has 0 spiro atoms. The van der Waals surface area contributed by atoms with Gasteiger partial charge in [0.1, 0.15) is 0 Å². The molecule has 1 fully saturated rings. The van der Waals surface area contributed by atoms with Crippen molar-refractivity contribution in [3.8, 4) is 0 Å². The fraction of sp³-hybridized carbons (Fsp3) is 1.00. The lowest BCUT2D eigenvalue weighted by Gasteiger charge is -2.40. The van der Waals surface area contributed by atoms with E-state index >= 15 is 0 Å². The van der Waals surface area contributed by atoms with Gasteiger partial charge >= 0.3 is 0 Å². The monoisotopic (exact) mass is 258 g/mol. The topological polar surface area (TPSA) is 58.7 Å². The summed E-state index contributed by atoms with van der Waals surface area (Å²) in [5.41, 5.74) is 6.31. The van der Waals surface area contributed by atoms with Crippen molar-refractivity contribution in [2.45, 2.75) is 32.7 Å². The molecule has 4 unspecified atom stereocenters. The quantitative estimate of drug-likeness (QED) is 0.713. The molecule has 1 aliphatic rings. The van der Waals surface area contributed by atoms with Crippen LogP contribution in [-0.2, 0) is 4.74 Å². The van der Waals surface area contributed by atoms with E-state index in [-0.39, 0.29) is 6.61 Å². The summed E-state index contributed by atoms with van der Waals surface area (Å²) < 4.78 is 5.12. The zero-order valence-corrected chi connectivity index (χ0v) is 12.1. The van der Waals surface area contributed by atoms with Gasteiger partial charge < -0.3 is 15.6 Å². The predicted molar refractivity (Wildman–Crippen MR) is 74.4 cm³/mol. The fourth-order valence-electron chi connectivity index (χ4n) is 3.24. The van der Waals surface area contributed by atoms with Gasteiger partial charge in [0.05, 0.1) is 13.2 Å². The Labute approximate surface area is 111 Å². The Kier molecular flexibility index (Phi) is 7.15. The normalized spacial score (nSPS) is 33.0. The van der Waals surface area contributed by atoms with Crippen molar-refractivity contribution in [1.29, 1.82) is 0 Å². The van der Waals surface area contributed by atoms with E-state index < -0.39 is 0 Å². The van der Waals surface area contributed by atoms with Crippen molar-refractivity contribution >= 4 is 0 Å². The first kappa shape index (κ1) is 15.9. The highest BCUT2D eigenvalue weighted by Crippen LogP contribution is 2.33. The van der Waals surface area contributed by atoms with Crippen molar-refractivity contribution in [2.24, 2.45) is 23.5 Å². The summed E-state index contributed by atoms with van der Waals surface area (Å²) in [6, 6.07) is 0.299. The average Bonchev–Trinajstić information content (AvgIpc) is 2.30. The lowest BCUT2D eigenvalue weighted by molar-refractivity contribution is 0.0821. The summed E-state index contributed by atoms with van der Waals surface area (Å²) in [6.45, 7) is 8.11. The van der Waals surface area contributed by atoms with Crippen molar-refractivity contribution in [2.75, 3.05) is 40.0 Å². The number of hydrogen-bond donors (Lipinski definition) is 2. The fourth-order valence-corrected chi connectivity index (χ4v) is 3.24. The van der Waals surface area contributed by atoms with Crippen LogP contribution in [0.4, 0.5) is 0 Å². The molecule has 1 rings (SSSR count). The first-order valence-corrected chi connectivity index (χ1v) is 7.16. The van der Waals surface area contributed by atoms with Crippen molar-refractivity contribution < 1.29 is 9.84 Å². The summed E-state index contributed by atoms with van der Waals surface area (Å²) in [5.74, 6) is 1.97. The minimum atomic E-state index is 0.205. The van der Waals surface area contributed by atoms with E-state index in [1.807, 2.05) is 0 Å². The third kappa shape index (κ3) is 4.84. The van der Waals surface area contributed by atoms with Crippen LogP contribution in [0.15, 0.2) is 0 Å². The van der Waals surface area contributed by atoms with Crippen LogP contribution in [-0.4, -0.2) is 56.0 Å². The van der Waals surface area contributed by atoms with Crippen LogP contribution in [0.5, 0.6) is 0 Å². The molecule has 4 heteroatoms. The number of aliphatic hydroxyl groups excluding tert-OH is 1. The summed E-state index contributed by atoms with van der Waals surface area (Å²) in [6.07, 6.45) is 2.40. The van der Waals surface area contributed by atoms with Crippen LogP contribution < -0.4 is 5.73 Å². The molecule has 0 aliphatic heterocycles. The number of hydrogen-bond acceptors (Lipinski definition) is 4. The van der Waals surface area contributed by atoms with E-state index in [2.05, 4.69) is 18.7 Å². The molecule has 0 bridgehead atoms. The molecule has 0 heterocycles. The summed E-state index contributed by atoms with van der Waals surface area (Å²) >= 11 is 0. The molecular weight excluding hydrogens is 228 g/mol. The van der Waals surface area contributed by atoms with Gasteiger partial charge in [0.2, 0.25) is 0 Å². The van der Waals surface area contributed by atoms with Crippen LogP contribution in [0.2, 0.25) is 0 Å². The lowest BCUT2D eigenvalue weighted by Crippen LogP contribution is -2.47. The van der Waals surface area contributed by atoms with Crippen molar-refractivity contribution in [3.05, 3.63) is 0 Å². The van der Waals surface area contributed by atoms with Crippen LogP contribution in [0, 0.1) is 17.8 Å². The Morgan fingerprint density at radius 3 is 2.56 bits per heavy atom. The van der Waals surface area contributed by atoms with Crippen molar-refractivity contribution in [3.63, 3.8) is 0 Å². The molecule has 3 N–H and O–H groups in total. The molecule has 0 radical (unpaired) electrons. The van der Waals surface area contributed by atoms with Gasteiger partial charge in [-0.2, -0.15) is 0 Å². The number of methoxy groups -OCH3 is 1. The highest BCUT2D eigenvalue weighted by atomic mass is 16.5. The molecule has 1 aliphatic carbocycles. The maximum atomic E-state index is 9.13. The number of ether oxygens (including phenoxy) is 1. The van der Waals surface area contributed by atoms with E-state index in [4.69, 9.17) is 15.6 Å². The van der Waals surface area contributed by atoms with Crippen LogP contribution in [0.25, 0.3) is 0 Å². The lowest BCUT2D eigenvalue weighted by atomic mass is 9.72. The van der Waals surface area contributed by atoms with E-state index in [9.17, 15) is 0 Å². The Morgan fingerprint density at radius 1 is 1.28 bits per heavy atom. The van der Waals surface area contributed by atoms with Crippen LogP contribution in [0.1, 0.15) is 26.7 Å². The molecule has 0 aromatic heterocycles. The summed E-state index contributed by atoms with van der Waals surface area (Å²) in [7, 11) is 1.72. The number of aliphatic hydroxyl groups is 1. The molecule has 108 valence electrons. The zero-order chi connectivity index (χ0) is 13.5. The van der Waals surface area contributed by atoms with E-state index in [0.717, 1.165) is 32.0 Å². The Hall–Kier alpha value is -0.160. The van der Waals surface area contributed by atoms with Crippen molar-refractivity contribution in [1.82, 2.24) is 4.90 Å². The van der Waals surface area contributed by atoms with E-state index in [1.165, 1.54) is 6.42 Å². The smallest absolute Gasteiger partial charge is 0.0589 e. The van der Waals surface area contributed by atoms with Gasteiger partial charge in [-0.1, -0.05) is 13.8 Å². The Bertz CT molecular complexity index is 214. The first-order chi connectivity index (χ1) is 8.58. The first-order valence-electron chi connectivity index (χ1n) is 7.16. The van der Waals surface area contributed by atoms with Gasteiger partial charge in [-0.15, -0.1) is 0 Å². The average molecular weight is 258 g/mol. The molecule has 4 atom stereocenters. The second kappa shape index (κ2) is 8.10. The molecule has 1 saturated carbocycles. The summed E-state index contributed by atoms with van der Waals surface area (Å²) in [4.78, 5) is 2.28. The maximum absolute atomic E-state index is 9.13. The van der Waals surface area contributed by atoms with Gasteiger partial charge in [-0.3, -0.25) is 4.90 Å². The largest absolute Gasteiger partial charge is 0.395 e. The van der Waals surface area contributed by atoms with Gasteiger partial charge in [0.25, 0.3) is 0 Å². The zero-order valence-electron chi connectivity index (χ0n) is 12.1. The SMILES string of the molecule is COCCN(CCO)CC1C(C)CC(C)CC1N. The number of rotatable bonds is 7. The van der Waals surface area contributed by atoms with Crippen LogP contribution in [0.3, 0.4) is 0 Å². The summed E-state index contributed by atoms with van der Waals surface area (Å²) in [5, 5.41) is 9.13. The van der Waals surface area contributed by atoms with E-state index in [1.54, 1.807) is 7.11 Å². The van der Waals surface area contributed by atoms with Gasteiger partial charge in [0.15, 0.2) is 0 Å². The second-order valence-electron chi connectivity index (χ2n) is 5.90. The van der Waals surface area contributed by atoms with Gasteiger partial charge in [0, 0.05) is 32.8 Å². The number of nitrogens with zero attached hydrogens (tertiary/aromatic N) is 1. The third-order valence-corrected chi connectivity index (χ3v) is 4.23. The Morgan fingerprint density at radius 2 is 2.00 bits per heavy atom. The number of nitrogens with two attached hydrogens (primary N) is 1. The minimum Gasteiger partial charge on any atom is -0.395 e. The molecule has 4 nitrogen and oxygen atoms in total.